The first-order valence-electron chi connectivity index (χ1n) is 7.73. The highest BCUT2D eigenvalue weighted by Gasteiger charge is 2.25. The minimum Gasteiger partial charge on any atom is -0.508 e. The Hall–Kier alpha value is -1.92. The molecule has 1 saturated heterocycles. The number of hydrogen-bond acceptors (Lipinski definition) is 5. The largest absolute Gasteiger partial charge is 0.508 e. The van der Waals surface area contributed by atoms with E-state index >= 15 is 0 Å². The van der Waals surface area contributed by atoms with Crippen LogP contribution >= 0.6 is 11.3 Å². The van der Waals surface area contributed by atoms with Gasteiger partial charge in [-0.25, -0.2) is 4.98 Å². The molecule has 1 amide bonds. The number of nitrogens with zero attached hydrogens (tertiary/aromatic N) is 2. The molecule has 1 atom stereocenters. The van der Waals surface area contributed by atoms with Crippen LogP contribution in [-0.2, 0) is 11.3 Å². The maximum atomic E-state index is 12.8. The van der Waals surface area contributed by atoms with Crippen molar-refractivity contribution in [2.45, 2.75) is 32.4 Å². The fraction of sp³-hybridized carbons (Fsp3) is 0.412. The summed E-state index contributed by atoms with van der Waals surface area (Å²) in [7, 11) is 0. The second-order valence-electron chi connectivity index (χ2n) is 5.69. The lowest BCUT2D eigenvalue weighted by Gasteiger charge is -2.25. The van der Waals surface area contributed by atoms with Gasteiger partial charge in [-0.2, -0.15) is 0 Å². The molecule has 1 aliphatic heterocycles. The van der Waals surface area contributed by atoms with Gasteiger partial charge in [0.1, 0.15) is 10.6 Å². The average Bonchev–Trinajstić information content (AvgIpc) is 3.19. The molecule has 0 bridgehead atoms. The SMILES string of the molecule is Cc1ncc(C(=O)N(Cc2ccccc2O)C[C@@H]2CCCO2)s1. The van der Waals surface area contributed by atoms with E-state index in [0.29, 0.717) is 18.0 Å². The summed E-state index contributed by atoms with van der Waals surface area (Å²) < 4.78 is 5.67. The molecule has 1 N–H and O–H groups in total. The number of carbonyl (C=O) groups is 1. The number of benzene rings is 1. The van der Waals surface area contributed by atoms with Gasteiger partial charge in [0.05, 0.1) is 17.3 Å². The summed E-state index contributed by atoms with van der Waals surface area (Å²) in [5.74, 6) is 0.146. The van der Waals surface area contributed by atoms with Crippen LogP contribution in [0, 0.1) is 6.92 Å². The zero-order chi connectivity index (χ0) is 16.2. The third-order valence-corrected chi connectivity index (χ3v) is 4.82. The van der Waals surface area contributed by atoms with Gasteiger partial charge >= 0.3 is 0 Å². The lowest BCUT2D eigenvalue weighted by atomic mass is 10.1. The molecular weight excluding hydrogens is 312 g/mol. The molecule has 1 aliphatic rings. The molecular formula is C17H20N2O3S. The van der Waals surface area contributed by atoms with Gasteiger partial charge in [-0.3, -0.25) is 4.79 Å². The van der Waals surface area contributed by atoms with Crippen molar-refractivity contribution in [1.82, 2.24) is 9.88 Å². The molecule has 0 radical (unpaired) electrons. The van der Waals surface area contributed by atoms with E-state index in [-0.39, 0.29) is 17.8 Å². The van der Waals surface area contributed by atoms with Gasteiger partial charge in [0.2, 0.25) is 0 Å². The van der Waals surface area contributed by atoms with Crippen LogP contribution < -0.4 is 0 Å². The van der Waals surface area contributed by atoms with Crippen molar-refractivity contribution in [2.75, 3.05) is 13.2 Å². The number of rotatable bonds is 5. The quantitative estimate of drug-likeness (QED) is 0.914. The Bertz CT molecular complexity index is 680. The number of amides is 1. The molecule has 1 aromatic heterocycles. The second kappa shape index (κ2) is 7.10. The van der Waals surface area contributed by atoms with E-state index in [2.05, 4.69) is 4.98 Å². The van der Waals surface area contributed by atoms with Crippen LogP contribution in [0.5, 0.6) is 5.75 Å². The predicted molar refractivity (Wildman–Crippen MR) is 88.7 cm³/mol. The highest BCUT2D eigenvalue weighted by Crippen LogP contribution is 2.23. The van der Waals surface area contributed by atoms with E-state index in [1.54, 1.807) is 23.2 Å². The molecule has 6 heteroatoms. The zero-order valence-electron chi connectivity index (χ0n) is 13.1. The van der Waals surface area contributed by atoms with Crippen LogP contribution in [0.2, 0.25) is 0 Å². The highest BCUT2D eigenvalue weighted by molar-refractivity contribution is 7.13. The summed E-state index contributed by atoms with van der Waals surface area (Å²) in [6.45, 7) is 3.53. The minimum atomic E-state index is -0.0608. The zero-order valence-corrected chi connectivity index (χ0v) is 13.9. The molecule has 23 heavy (non-hydrogen) atoms. The highest BCUT2D eigenvalue weighted by atomic mass is 32.1. The number of thiazole rings is 1. The van der Waals surface area contributed by atoms with Crippen molar-refractivity contribution in [1.29, 1.82) is 0 Å². The number of aromatic nitrogens is 1. The summed E-state index contributed by atoms with van der Waals surface area (Å²) in [6.07, 6.45) is 3.68. The first kappa shape index (κ1) is 16.0. The monoisotopic (exact) mass is 332 g/mol. The lowest BCUT2D eigenvalue weighted by Crippen LogP contribution is -2.36. The first-order valence-corrected chi connectivity index (χ1v) is 8.55. The molecule has 0 spiro atoms. The van der Waals surface area contributed by atoms with Crippen molar-refractivity contribution >= 4 is 17.2 Å². The van der Waals surface area contributed by atoms with Gasteiger partial charge in [0, 0.05) is 25.3 Å². The van der Waals surface area contributed by atoms with Gasteiger partial charge in [0.25, 0.3) is 5.91 Å². The molecule has 0 aliphatic carbocycles. The van der Waals surface area contributed by atoms with Crippen LogP contribution in [-0.4, -0.2) is 40.2 Å². The van der Waals surface area contributed by atoms with Crippen molar-refractivity contribution in [2.24, 2.45) is 0 Å². The van der Waals surface area contributed by atoms with Crippen LogP contribution in [0.15, 0.2) is 30.5 Å². The number of phenols is 1. The Morgan fingerprint density at radius 1 is 1.48 bits per heavy atom. The molecule has 0 saturated carbocycles. The third kappa shape index (κ3) is 3.89. The number of para-hydroxylation sites is 1. The fourth-order valence-corrected chi connectivity index (χ4v) is 3.47. The van der Waals surface area contributed by atoms with Crippen LogP contribution in [0.25, 0.3) is 0 Å². The van der Waals surface area contributed by atoms with Gasteiger partial charge in [-0.05, 0) is 25.8 Å². The van der Waals surface area contributed by atoms with E-state index in [1.165, 1.54) is 11.3 Å². The number of ether oxygens (including phenoxy) is 1. The number of aryl methyl sites for hydroxylation is 1. The Morgan fingerprint density at radius 3 is 2.96 bits per heavy atom. The molecule has 2 heterocycles. The second-order valence-corrected chi connectivity index (χ2v) is 6.93. The third-order valence-electron chi connectivity index (χ3n) is 3.92. The van der Waals surface area contributed by atoms with E-state index in [0.717, 1.165) is 30.0 Å². The van der Waals surface area contributed by atoms with Crippen molar-refractivity contribution in [3.8, 4) is 5.75 Å². The van der Waals surface area contributed by atoms with Gasteiger partial charge < -0.3 is 14.7 Å². The maximum Gasteiger partial charge on any atom is 0.265 e. The molecule has 1 fully saturated rings. The molecule has 0 unspecified atom stereocenters. The van der Waals surface area contributed by atoms with Crippen molar-refractivity contribution in [3.05, 3.63) is 45.9 Å². The average molecular weight is 332 g/mol. The summed E-state index contributed by atoms with van der Waals surface area (Å²) in [5, 5.41) is 10.9. The van der Waals surface area contributed by atoms with E-state index in [1.807, 2.05) is 19.1 Å². The molecule has 2 aromatic rings. The lowest BCUT2D eigenvalue weighted by molar-refractivity contribution is 0.0509. The van der Waals surface area contributed by atoms with E-state index < -0.39 is 0 Å². The summed E-state index contributed by atoms with van der Waals surface area (Å²) in [5.41, 5.74) is 0.736. The first-order chi connectivity index (χ1) is 11.1. The number of hydrogen-bond donors (Lipinski definition) is 1. The van der Waals surface area contributed by atoms with E-state index in [9.17, 15) is 9.90 Å². The predicted octanol–water partition coefficient (Wildman–Crippen LogP) is 2.98. The smallest absolute Gasteiger partial charge is 0.265 e. The Morgan fingerprint density at radius 2 is 2.30 bits per heavy atom. The number of carbonyl (C=O) groups excluding carboxylic acids is 1. The molecule has 122 valence electrons. The Balaban J connectivity index is 1.80. The summed E-state index contributed by atoms with van der Waals surface area (Å²) in [6, 6.07) is 7.11. The maximum absolute atomic E-state index is 12.8. The van der Waals surface area contributed by atoms with Gasteiger partial charge in [0.15, 0.2) is 0 Å². The van der Waals surface area contributed by atoms with E-state index in [4.69, 9.17) is 4.74 Å². The molecule has 5 nitrogen and oxygen atoms in total. The minimum absolute atomic E-state index is 0.0608. The van der Waals surface area contributed by atoms with Crippen LogP contribution in [0.3, 0.4) is 0 Å². The standard InChI is InChI=1S/C17H20N2O3S/c1-12-18-9-16(23-12)17(21)19(11-14-6-4-8-22-14)10-13-5-2-3-7-15(13)20/h2-3,5,7,9,14,20H,4,6,8,10-11H2,1H3/t14-/m0/s1. The number of aromatic hydroxyl groups is 1. The summed E-state index contributed by atoms with van der Waals surface area (Å²) in [4.78, 5) is 19.4. The van der Waals surface area contributed by atoms with Crippen molar-refractivity contribution < 1.29 is 14.6 Å². The van der Waals surface area contributed by atoms with Crippen molar-refractivity contribution in [3.63, 3.8) is 0 Å². The fourth-order valence-electron chi connectivity index (χ4n) is 2.72. The molecule has 1 aromatic carbocycles. The van der Waals surface area contributed by atoms with Gasteiger partial charge in [-0.15, -0.1) is 11.3 Å². The van der Waals surface area contributed by atoms with Crippen LogP contribution in [0.4, 0.5) is 0 Å². The van der Waals surface area contributed by atoms with Crippen LogP contribution in [0.1, 0.15) is 33.1 Å². The summed E-state index contributed by atoms with van der Waals surface area (Å²) >= 11 is 1.39. The Kier molecular flexibility index (Phi) is 4.93. The van der Waals surface area contributed by atoms with Gasteiger partial charge in [-0.1, -0.05) is 18.2 Å². The number of phenolic OH excluding ortho intramolecular Hbond substituents is 1. The normalized spacial score (nSPS) is 17.3. The topological polar surface area (TPSA) is 62.7 Å². The Labute approximate surface area is 139 Å². The molecule has 3 rings (SSSR count).